The fourth-order valence-electron chi connectivity index (χ4n) is 3.86. The Morgan fingerprint density at radius 2 is 2.07 bits per heavy atom. The van der Waals surface area contributed by atoms with E-state index >= 15 is 0 Å². The number of rotatable bonds is 5. The van der Waals surface area contributed by atoms with Gasteiger partial charge in [-0.1, -0.05) is 0 Å². The molecule has 2 aliphatic heterocycles. The lowest BCUT2D eigenvalue weighted by Gasteiger charge is -2.42. The third-order valence-corrected chi connectivity index (χ3v) is 6.36. The minimum absolute atomic E-state index is 0.116. The summed E-state index contributed by atoms with van der Waals surface area (Å²) in [7, 11) is 0. The molecule has 1 aromatic rings. The van der Waals surface area contributed by atoms with Gasteiger partial charge in [0.25, 0.3) is 0 Å². The molecule has 3 fully saturated rings. The Bertz CT molecular complexity index is 709. The van der Waals surface area contributed by atoms with E-state index in [1.807, 2.05) is 0 Å². The van der Waals surface area contributed by atoms with Crippen LogP contribution in [0.2, 0.25) is 0 Å². The van der Waals surface area contributed by atoms with E-state index in [1.54, 1.807) is 11.3 Å². The summed E-state index contributed by atoms with van der Waals surface area (Å²) in [5, 5.41) is 14.7. The van der Waals surface area contributed by atoms with E-state index in [2.05, 4.69) is 27.0 Å². The van der Waals surface area contributed by atoms with Crippen LogP contribution in [0.5, 0.6) is 0 Å². The molecular formula is C19H25F3N2O4S. The predicted molar refractivity (Wildman–Crippen MR) is 100 cm³/mol. The molecule has 4 rings (SSSR count). The Morgan fingerprint density at radius 3 is 2.66 bits per heavy atom. The van der Waals surface area contributed by atoms with Crippen molar-refractivity contribution < 1.29 is 32.6 Å². The Balaban J connectivity index is 0.000000298. The van der Waals surface area contributed by atoms with Gasteiger partial charge in [0.1, 0.15) is 0 Å². The fraction of sp³-hybridized carbons (Fsp3) is 0.684. The van der Waals surface area contributed by atoms with Crippen LogP contribution in [0, 0.1) is 11.3 Å². The number of ether oxygens (including phenoxy) is 1. The monoisotopic (exact) mass is 434 g/mol. The van der Waals surface area contributed by atoms with Crippen molar-refractivity contribution in [1.82, 2.24) is 10.2 Å². The molecule has 0 unspecified atom stereocenters. The molecule has 2 saturated heterocycles. The van der Waals surface area contributed by atoms with E-state index in [0.29, 0.717) is 0 Å². The van der Waals surface area contributed by atoms with Gasteiger partial charge < -0.3 is 15.2 Å². The molecule has 2 N–H and O–H groups in total. The summed E-state index contributed by atoms with van der Waals surface area (Å²) >= 11 is 1.74. The van der Waals surface area contributed by atoms with Gasteiger partial charge in [0.05, 0.1) is 11.5 Å². The highest BCUT2D eigenvalue weighted by Crippen LogP contribution is 2.42. The zero-order chi connectivity index (χ0) is 21.1. The predicted octanol–water partition coefficient (Wildman–Crippen LogP) is 2.89. The number of carbonyl (C=O) groups is 2. The Kier molecular flexibility index (Phi) is 6.85. The smallest absolute Gasteiger partial charge is 0.475 e. The Morgan fingerprint density at radius 1 is 1.34 bits per heavy atom. The average molecular weight is 434 g/mol. The van der Waals surface area contributed by atoms with E-state index in [-0.39, 0.29) is 17.4 Å². The number of aliphatic carboxylic acids is 1. The highest BCUT2D eigenvalue weighted by atomic mass is 32.1. The minimum atomic E-state index is -5.08. The molecule has 0 radical (unpaired) electrons. The van der Waals surface area contributed by atoms with Crippen LogP contribution < -0.4 is 5.32 Å². The lowest BCUT2D eigenvalue weighted by molar-refractivity contribution is -0.192. The normalized spacial score (nSPS) is 26.9. The zero-order valence-corrected chi connectivity index (χ0v) is 16.7. The number of fused-ring (bicyclic) bond motifs is 1. The third kappa shape index (κ3) is 5.70. The summed E-state index contributed by atoms with van der Waals surface area (Å²) in [6.45, 7) is 4.40. The SMILES string of the molecule is O=C(NCC1CC1)[C@@]12CCO[C@@H]1CCN(Cc1ccsc1)C2.O=C(O)C(F)(F)F. The molecule has 3 aliphatic rings. The van der Waals surface area contributed by atoms with Crippen molar-refractivity contribution in [3.8, 4) is 0 Å². The number of piperidine rings is 1. The van der Waals surface area contributed by atoms with Crippen LogP contribution >= 0.6 is 11.3 Å². The third-order valence-electron chi connectivity index (χ3n) is 5.63. The molecule has 29 heavy (non-hydrogen) atoms. The van der Waals surface area contributed by atoms with Crippen LogP contribution in [-0.4, -0.2) is 60.4 Å². The number of halogens is 3. The summed E-state index contributed by atoms with van der Waals surface area (Å²) in [4.78, 5) is 24.2. The van der Waals surface area contributed by atoms with Crippen molar-refractivity contribution in [1.29, 1.82) is 0 Å². The number of hydrogen-bond acceptors (Lipinski definition) is 5. The van der Waals surface area contributed by atoms with Crippen LogP contribution in [-0.2, 0) is 20.9 Å². The number of carboxylic acid groups (broad SMARTS) is 1. The highest BCUT2D eigenvalue weighted by molar-refractivity contribution is 7.07. The van der Waals surface area contributed by atoms with E-state index in [0.717, 1.165) is 51.5 Å². The van der Waals surface area contributed by atoms with Gasteiger partial charge in [-0.2, -0.15) is 24.5 Å². The molecule has 1 aliphatic carbocycles. The van der Waals surface area contributed by atoms with Gasteiger partial charge in [0.2, 0.25) is 5.91 Å². The van der Waals surface area contributed by atoms with Gasteiger partial charge in [-0.15, -0.1) is 0 Å². The molecule has 2 atom stereocenters. The molecule has 10 heteroatoms. The Hall–Kier alpha value is -1.65. The number of carboxylic acids is 1. The first-order valence-electron chi connectivity index (χ1n) is 9.64. The number of alkyl halides is 3. The molecule has 1 saturated carbocycles. The summed E-state index contributed by atoms with van der Waals surface area (Å²) < 4.78 is 37.6. The molecule has 162 valence electrons. The lowest BCUT2D eigenvalue weighted by Crippen LogP contribution is -2.57. The van der Waals surface area contributed by atoms with Crippen molar-refractivity contribution in [3.63, 3.8) is 0 Å². The van der Waals surface area contributed by atoms with Crippen LogP contribution in [0.3, 0.4) is 0 Å². The van der Waals surface area contributed by atoms with Gasteiger partial charge >= 0.3 is 12.1 Å². The number of nitrogens with one attached hydrogen (secondary N) is 1. The molecule has 0 spiro atoms. The van der Waals surface area contributed by atoms with Gasteiger partial charge in [-0.25, -0.2) is 4.79 Å². The van der Waals surface area contributed by atoms with E-state index in [1.165, 1.54) is 18.4 Å². The molecule has 1 amide bonds. The largest absolute Gasteiger partial charge is 0.490 e. The fourth-order valence-corrected chi connectivity index (χ4v) is 4.52. The summed E-state index contributed by atoms with van der Waals surface area (Å²) in [6, 6.07) is 2.18. The molecule has 0 bridgehead atoms. The molecule has 0 aromatic carbocycles. The number of thiophene rings is 1. The molecule has 3 heterocycles. The van der Waals surface area contributed by atoms with Crippen molar-refractivity contribution in [2.75, 3.05) is 26.2 Å². The second kappa shape index (κ2) is 9.01. The second-order valence-corrected chi connectivity index (χ2v) is 8.63. The van der Waals surface area contributed by atoms with Crippen molar-refractivity contribution in [3.05, 3.63) is 22.4 Å². The van der Waals surface area contributed by atoms with Crippen LogP contribution in [0.4, 0.5) is 13.2 Å². The van der Waals surface area contributed by atoms with Crippen LogP contribution in [0.1, 0.15) is 31.2 Å². The van der Waals surface area contributed by atoms with Gasteiger partial charge in [-0.3, -0.25) is 9.69 Å². The summed E-state index contributed by atoms with van der Waals surface area (Å²) in [6.07, 6.45) is -0.574. The standard InChI is InChI=1S/C17H24N2O2S.C2HF3O2/c20-16(18-9-13-1-2-13)17-5-7-21-15(17)3-6-19(12-17)10-14-4-8-22-11-14;3-2(4,5)1(6)7/h4,8,11,13,15H,1-3,5-7,9-10,12H2,(H,18,20);(H,6,7)/t15-,17-;/m1./s1. The first-order valence-corrected chi connectivity index (χ1v) is 10.6. The van der Waals surface area contributed by atoms with E-state index in [4.69, 9.17) is 14.6 Å². The topological polar surface area (TPSA) is 78.9 Å². The van der Waals surface area contributed by atoms with Crippen molar-refractivity contribution in [2.45, 2.75) is 44.5 Å². The van der Waals surface area contributed by atoms with E-state index in [9.17, 15) is 18.0 Å². The molecular weight excluding hydrogens is 409 g/mol. The van der Waals surface area contributed by atoms with Crippen LogP contribution in [0.15, 0.2) is 16.8 Å². The lowest BCUT2D eigenvalue weighted by atomic mass is 9.75. The summed E-state index contributed by atoms with van der Waals surface area (Å²) in [5.74, 6) is -1.80. The highest BCUT2D eigenvalue weighted by Gasteiger charge is 2.53. The number of nitrogens with zero attached hydrogens (tertiary/aromatic N) is 1. The van der Waals surface area contributed by atoms with E-state index < -0.39 is 12.1 Å². The van der Waals surface area contributed by atoms with Gasteiger partial charge in [0, 0.05) is 32.8 Å². The number of amides is 1. The maximum atomic E-state index is 12.9. The maximum Gasteiger partial charge on any atom is 0.490 e. The number of hydrogen-bond donors (Lipinski definition) is 2. The average Bonchev–Trinajstić information content (AvgIpc) is 3.16. The first kappa shape index (κ1) is 22.0. The maximum absolute atomic E-state index is 12.9. The zero-order valence-electron chi connectivity index (χ0n) is 15.9. The number of likely N-dealkylation sites (tertiary alicyclic amines) is 1. The summed E-state index contributed by atoms with van der Waals surface area (Å²) in [5.41, 5.74) is 1.04. The van der Waals surface area contributed by atoms with Crippen molar-refractivity contribution in [2.24, 2.45) is 11.3 Å². The quantitative estimate of drug-likeness (QED) is 0.745. The van der Waals surface area contributed by atoms with Crippen LogP contribution in [0.25, 0.3) is 0 Å². The second-order valence-electron chi connectivity index (χ2n) is 7.85. The molecule has 1 aromatic heterocycles. The van der Waals surface area contributed by atoms with Gasteiger partial charge in [0.15, 0.2) is 0 Å². The minimum Gasteiger partial charge on any atom is -0.475 e. The number of carbonyl (C=O) groups excluding carboxylic acids is 1. The molecule has 6 nitrogen and oxygen atoms in total. The van der Waals surface area contributed by atoms with Crippen molar-refractivity contribution >= 4 is 23.2 Å². The first-order chi connectivity index (χ1) is 13.7. The van der Waals surface area contributed by atoms with Gasteiger partial charge in [-0.05, 0) is 54.0 Å². The Labute approximate surface area is 171 Å².